The number of hydrogen-bond acceptors (Lipinski definition) is 4. The lowest BCUT2D eigenvalue weighted by Crippen LogP contribution is -2.16. The van der Waals surface area contributed by atoms with Crippen molar-refractivity contribution in [3.05, 3.63) is 59.7 Å². The summed E-state index contributed by atoms with van der Waals surface area (Å²) in [6, 6.07) is 15.4. The predicted molar refractivity (Wildman–Crippen MR) is 112 cm³/mol. The van der Waals surface area contributed by atoms with E-state index < -0.39 is 0 Å². The third-order valence-corrected chi connectivity index (χ3v) is 4.44. The minimum absolute atomic E-state index is 0.188. The summed E-state index contributed by atoms with van der Waals surface area (Å²) in [5.41, 5.74) is 1.78. The van der Waals surface area contributed by atoms with Gasteiger partial charge in [-0.15, -0.1) is 0 Å². The summed E-state index contributed by atoms with van der Waals surface area (Å²) in [7, 11) is 0. The van der Waals surface area contributed by atoms with Gasteiger partial charge in [-0.2, -0.15) is 0 Å². The van der Waals surface area contributed by atoms with Crippen LogP contribution in [-0.4, -0.2) is 18.7 Å². The van der Waals surface area contributed by atoms with Gasteiger partial charge in [0.25, 0.3) is 0 Å². The first-order chi connectivity index (χ1) is 13.7. The quantitative estimate of drug-likeness (QED) is 0.439. The van der Waals surface area contributed by atoms with Gasteiger partial charge in [0.15, 0.2) is 0 Å². The van der Waals surface area contributed by atoms with E-state index in [-0.39, 0.29) is 25.1 Å². The van der Waals surface area contributed by atoms with E-state index in [0.29, 0.717) is 6.61 Å². The largest absolute Gasteiger partial charge is 0.494 e. The zero-order valence-corrected chi connectivity index (χ0v) is 17.3. The molecule has 0 radical (unpaired) electrons. The maximum Gasteiger partial charge on any atom is 0.310 e. The molecule has 152 valence electrons. The smallest absolute Gasteiger partial charge is 0.310 e. The molecular weight excluding hydrogens is 352 g/mol. The van der Waals surface area contributed by atoms with Crippen molar-refractivity contribution in [2.75, 3.05) is 6.61 Å². The molecule has 0 heterocycles. The number of esters is 1. The van der Waals surface area contributed by atoms with E-state index >= 15 is 0 Å². The average molecular weight is 385 g/mol. The van der Waals surface area contributed by atoms with Gasteiger partial charge in [-0.3, -0.25) is 4.79 Å². The van der Waals surface area contributed by atoms with Crippen LogP contribution in [0.1, 0.15) is 57.6 Å². The first-order valence-corrected chi connectivity index (χ1v) is 10.3. The van der Waals surface area contributed by atoms with Crippen LogP contribution in [0.5, 0.6) is 11.5 Å². The molecule has 4 heteroatoms. The first kappa shape index (κ1) is 21.8. The van der Waals surface area contributed by atoms with E-state index in [4.69, 9.17) is 14.2 Å². The maximum atomic E-state index is 12.3. The highest BCUT2D eigenvalue weighted by Crippen LogP contribution is 2.23. The van der Waals surface area contributed by atoms with Crippen LogP contribution in [0.15, 0.2) is 48.5 Å². The van der Waals surface area contributed by atoms with Crippen LogP contribution in [0.25, 0.3) is 0 Å². The van der Waals surface area contributed by atoms with Crippen LogP contribution in [-0.2, 0) is 22.6 Å². The summed E-state index contributed by atoms with van der Waals surface area (Å²) in [6.45, 7) is 7.22. The fraction of sp³-hybridized carbons (Fsp3) is 0.458. The summed E-state index contributed by atoms with van der Waals surface area (Å²) in [5, 5.41) is 0. The average Bonchev–Trinajstić information content (AvgIpc) is 2.71. The molecule has 0 aromatic heterocycles. The number of hydrogen-bond donors (Lipinski definition) is 0. The van der Waals surface area contributed by atoms with Gasteiger partial charge in [0.2, 0.25) is 0 Å². The molecule has 0 spiro atoms. The minimum Gasteiger partial charge on any atom is -0.494 e. The number of para-hydroxylation sites is 1. The number of ether oxygens (including phenoxy) is 3. The highest BCUT2D eigenvalue weighted by molar-refractivity contribution is 5.72. The predicted octanol–water partition coefficient (Wildman–Crippen LogP) is 5.72. The molecule has 28 heavy (non-hydrogen) atoms. The Balaban J connectivity index is 1.92. The van der Waals surface area contributed by atoms with Crippen molar-refractivity contribution < 1.29 is 19.0 Å². The summed E-state index contributed by atoms with van der Waals surface area (Å²) in [4.78, 5) is 12.3. The lowest BCUT2D eigenvalue weighted by atomic mass is 10.1. The standard InChI is InChI=1S/C24H32O4/c1-4-10-21(6-3)28-23-14-8-7-12-20(23)18-27-24(25)17-19-11-9-13-22(16-19)26-15-5-2/h7-9,11-14,16,21H,4-6,10,15,17-18H2,1-3H3. The number of benzene rings is 2. The second-order valence-corrected chi connectivity index (χ2v) is 6.88. The molecule has 0 saturated heterocycles. The Labute approximate surface area is 168 Å². The lowest BCUT2D eigenvalue weighted by Gasteiger charge is -2.19. The number of rotatable bonds is 12. The van der Waals surface area contributed by atoms with Crippen molar-refractivity contribution in [3.8, 4) is 11.5 Å². The van der Waals surface area contributed by atoms with Gasteiger partial charge in [0.05, 0.1) is 19.1 Å². The van der Waals surface area contributed by atoms with Crippen molar-refractivity contribution in [3.63, 3.8) is 0 Å². The van der Waals surface area contributed by atoms with Gasteiger partial charge in [0, 0.05) is 5.56 Å². The first-order valence-electron chi connectivity index (χ1n) is 10.3. The molecule has 1 unspecified atom stereocenters. The fourth-order valence-corrected chi connectivity index (χ4v) is 2.93. The molecule has 0 fully saturated rings. The third kappa shape index (κ3) is 7.26. The Morgan fingerprint density at radius 2 is 1.82 bits per heavy atom. The molecule has 0 N–H and O–H groups in total. The Kier molecular flexibility index (Phi) is 9.40. The molecule has 2 rings (SSSR count). The molecule has 0 aliphatic rings. The Morgan fingerprint density at radius 1 is 1.00 bits per heavy atom. The molecule has 1 atom stereocenters. The van der Waals surface area contributed by atoms with Crippen LogP contribution >= 0.6 is 0 Å². The van der Waals surface area contributed by atoms with Crippen molar-refractivity contribution in [2.24, 2.45) is 0 Å². The SMILES string of the molecule is CCCOc1cccc(CC(=O)OCc2ccccc2OC(CC)CCC)c1. The Hall–Kier alpha value is -2.49. The molecule has 0 saturated carbocycles. The summed E-state index contributed by atoms with van der Waals surface area (Å²) in [5.74, 6) is 1.32. The van der Waals surface area contributed by atoms with Crippen molar-refractivity contribution in [1.82, 2.24) is 0 Å². The monoisotopic (exact) mass is 384 g/mol. The van der Waals surface area contributed by atoms with Crippen molar-refractivity contribution in [1.29, 1.82) is 0 Å². The molecule has 2 aromatic carbocycles. The molecule has 0 amide bonds. The van der Waals surface area contributed by atoms with Gasteiger partial charge >= 0.3 is 5.97 Å². The summed E-state index contributed by atoms with van der Waals surface area (Å²) >= 11 is 0. The van der Waals surface area contributed by atoms with E-state index in [9.17, 15) is 4.79 Å². The normalized spacial score (nSPS) is 11.7. The highest BCUT2D eigenvalue weighted by Gasteiger charge is 2.12. The van der Waals surface area contributed by atoms with Crippen molar-refractivity contribution >= 4 is 5.97 Å². The summed E-state index contributed by atoms with van der Waals surface area (Å²) < 4.78 is 17.3. The molecule has 0 aliphatic carbocycles. The van der Waals surface area contributed by atoms with E-state index in [1.165, 1.54) is 0 Å². The molecule has 0 aliphatic heterocycles. The van der Waals surface area contributed by atoms with Crippen LogP contribution in [0.2, 0.25) is 0 Å². The highest BCUT2D eigenvalue weighted by atomic mass is 16.5. The lowest BCUT2D eigenvalue weighted by molar-refractivity contribution is -0.144. The topological polar surface area (TPSA) is 44.8 Å². The van der Waals surface area contributed by atoms with Gasteiger partial charge < -0.3 is 14.2 Å². The van der Waals surface area contributed by atoms with Gasteiger partial charge in [-0.05, 0) is 43.0 Å². The van der Waals surface area contributed by atoms with Crippen LogP contribution in [0.4, 0.5) is 0 Å². The van der Waals surface area contributed by atoms with E-state index in [0.717, 1.165) is 48.3 Å². The number of carbonyl (C=O) groups is 1. The number of carbonyl (C=O) groups excluding carboxylic acids is 1. The van der Waals surface area contributed by atoms with E-state index in [1.807, 2.05) is 48.5 Å². The van der Waals surface area contributed by atoms with Gasteiger partial charge in [0.1, 0.15) is 18.1 Å². The van der Waals surface area contributed by atoms with Gasteiger partial charge in [-0.1, -0.05) is 57.5 Å². The second-order valence-electron chi connectivity index (χ2n) is 6.88. The zero-order chi connectivity index (χ0) is 20.2. The third-order valence-electron chi connectivity index (χ3n) is 4.44. The summed E-state index contributed by atoms with van der Waals surface area (Å²) in [6.07, 6.45) is 4.41. The van der Waals surface area contributed by atoms with Crippen LogP contribution in [0, 0.1) is 0 Å². The second kappa shape index (κ2) is 12.1. The minimum atomic E-state index is -0.261. The maximum absolute atomic E-state index is 12.3. The van der Waals surface area contributed by atoms with Gasteiger partial charge in [-0.25, -0.2) is 0 Å². The van der Waals surface area contributed by atoms with E-state index in [2.05, 4.69) is 20.8 Å². The van der Waals surface area contributed by atoms with Crippen molar-refractivity contribution in [2.45, 2.75) is 65.6 Å². The molecule has 2 aromatic rings. The Bertz CT molecular complexity index is 726. The Morgan fingerprint density at radius 3 is 2.57 bits per heavy atom. The van der Waals surface area contributed by atoms with Crippen LogP contribution in [0.3, 0.4) is 0 Å². The fourth-order valence-electron chi connectivity index (χ4n) is 2.93. The molecular formula is C24H32O4. The van der Waals surface area contributed by atoms with Crippen LogP contribution < -0.4 is 9.47 Å². The van der Waals surface area contributed by atoms with E-state index in [1.54, 1.807) is 0 Å². The molecule has 4 nitrogen and oxygen atoms in total. The zero-order valence-electron chi connectivity index (χ0n) is 17.3. The molecule has 0 bridgehead atoms.